The molecule has 25 heavy (non-hydrogen) atoms. The molecule has 0 spiro atoms. The molecule has 0 atom stereocenters. The molecule has 2 N–H and O–H groups in total. The zero-order chi connectivity index (χ0) is 17.5. The topological polar surface area (TPSA) is 72.0 Å². The van der Waals surface area contributed by atoms with Crippen molar-refractivity contribution in [1.82, 2.24) is 15.2 Å². The summed E-state index contributed by atoms with van der Waals surface area (Å²) < 4.78 is 5.24. The lowest BCUT2D eigenvalue weighted by Crippen LogP contribution is -2.08. The van der Waals surface area contributed by atoms with E-state index >= 15 is 0 Å². The lowest BCUT2D eigenvalue weighted by molar-refractivity contribution is 0.414. The Morgan fingerprint density at radius 3 is 2.72 bits per heavy atom. The normalized spacial score (nSPS) is 10.3. The van der Waals surface area contributed by atoms with Gasteiger partial charge in [0.05, 0.1) is 13.3 Å². The van der Waals surface area contributed by atoms with Crippen LogP contribution in [0.2, 0.25) is 0 Å². The van der Waals surface area contributed by atoms with E-state index < -0.39 is 0 Å². The van der Waals surface area contributed by atoms with Gasteiger partial charge in [-0.1, -0.05) is 29.8 Å². The van der Waals surface area contributed by atoms with Gasteiger partial charge in [0, 0.05) is 12.2 Å². The summed E-state index contributed by atoms with van der Waals surface area (Å²) in [6, 6.07) is 16.1. The minimum absolute atomic E-state index is 0.468. The van der Waals surface area contributed by atoms with Crippen molar-refractivity contribution < 1.29 is 4.74 Å². The number of rotatable bonds is 7. The summed E-state index contributed by atoms with van der Waals surface area (Å²) in [5.41, 5.74) is 3.34. The molecule has 0 unspecified atom stereocenters. The van der Waals surface area contributed by atoms with Gasteiger partial charge in [-0.05, 0) is 43.2 Å². The summed E-state index contributed by atoms with van der Waals surface area (Å²) in [5, 5.41) is 14.4. The Hall–Kier alpha value is -3.15. The van der Waals surface area contributed by atoms with E-state index in [1.165, 1.54) is 11.1 Å². The Bertz CT molecular complexity index is 820. The number of benzene rings is 2. The van der Waals surface area contributed by atoms with Gasteiger partial charge in [-0.25, -0.2) is 0 Å². The molecular weight excluding hydrogens is 314 g/mol. The molecule has 0 amide bonds. The first kappa shape index (κ1) is 16.7. The van der Waals surface area contributed by atoms with E-state index in [1.807, 2.05) is 42.5 Å². The van der Waals surface area contributed by atoms with Crippen molar-refractivity contribution in [1.29, 1.82) is 0 Å². The van der Waals surface area contributed by atoms with Crippen LogP contribution in [0.3, 0.4) is 0 Å². The number of ether oxygens (including phenoxy) is 1. The van der Waals surface area contributed by atoms with E-state index in [-0.39, 0.29) is 0 Å². The SMILES string of the molecule is COc1cccc(CCNc2cnnc(Nc3ccc(C)cc3)n2)c1. The summed E-state index contributed by atoms with van der Waals surface area (Å²) in [6.07, 6.45) is 2.48. The van der Waals surface area contributed by atoms with Crippen LogP contribution in [0.5, 0.6) is 5.75 Å². The van der Waals surface area contributed by atoms with Gasteiger partial charge < -0.3 is 15.4 Å². The molecule has 0 saturated heterocycles. The third kappa shape index (κ3) is 4.91. The highest BCUT2D eigenvalue weighted by molar-refractivity contribution is 5.54. The number of anilines is 3. The van der Waals surface area contributed by atoms with Crippen LogP contribution in [0.1, 0.15) is 11.1 Å². The predicted molar refractivity (Wildman–Crippen MR) is 99.5 cm³/mol. The van der Waals surface area contributed by atoms with Gasteiger partial charge in [0.25, 0.3) is 0 Å². The molecule has 0 aliphatic carbocycles. The molecule has 6 nitrogen and oxygen atoms in total. The predicted octanol–water partition coefficient (Wildman–Crippen LogP) is 3.59. The smallest absolute Gasteiger partial charge is 0.249 e. The average Bonchev–Trinajstić information content (AvgIpc) is 2.64. The van der Waals surface area contributed by atoms with Crippen LogP contribution in [-0.2, 0) is 6.42 Å². The van der Waals surface area contributed by atoms with Crippen molar-refractivity contribution in [2.45, 2.75) is 13.3 Å². The Labute approximate surface area is 147 Å². The molecule has 3 aromatic rings. The molecule has 1 aromatic heterocycles. The maximum atomic E-state index is 5.24. The van der Waals surface area contributed by atoms with Gasteiger partial charge in [-0.15, -0.1) is 5.10 Å². The second-order valence-electron chi connectivity index (χ2n) is 5.68. The molecule has 0 saturated carbocycles. The van der Waals surface area contributed by atoms with Gasteiger partial charge in [0.1, 0.15) is 5.75 Å². The number of aryl methyl sites for hydroxylation is 1. The lowest BCUT2D eigenvalue weighted by atomic mass is 10.1. The lowest BCUT2D eigenvalue weighted by Gasteiger charge is -2.08. The van der Waals surface area contributed by atoms with Crippen molar-refractivity contribution in [3.05, 3.63) is 65.9 Å². The van der Waals surface area contributed by atoms with E-state index in [1.54, 1.807) is 13.3 Å². The van der Waals surface area contributed by atoms with E-state index in [0.29, 0.717) is 11.8 Å². The van der Waals surface area contributed by atoms with E-state index in [4.69, 9.17) is 4.74 Å². The summed E-state index contributed by atoms with van der Waals surface area (Å²) in [6.45, 7) is 2.80. The Morgan fingerprint density at radius 2 is 1.92 bits per heavy atom. The first-order chi connectivity index (χ1) is 12.2. The highest BCUT2D eigenvalue weighted by Gasteiger charge is 2.02. The highest BCUT2D eigenvalue weighted by atomic mass is 16.5. The molecule has 3 rings (SSSR count). The van der Waals surface area contributed by atoms with Gasteiger partial charge >= 0.3 is 0 Å². The maximum absolute atomic E-state index is 5.24. The molecule has 0 fully saturated rings. The molecule has 6 heteroatoms. The zero-order valence-corrected chi connectivity index (χ0v) is 14.4. The number of hydrogen-bond acceptors (Lipinski definition) is 6. The van der Waals surface area contributed by atoms with Gasteiger partial charge in [0.15, 0.2) is 5.82 Å². The van der Waals surface area contributed by atoms with Crippen LogP contribution in [0.4, 0.5) is 17.5 Å². The molecule has 0 aliphatic rings. The average molecular weight is 335 g/mol. The van der Waals surface area contributed by atoms with Crippen LogP contribution in [0.15, 0.2) is 54.7 Å². The summed E-state index contributed by atoms with van der Waals surface area (Å²) in [4.78, 5) is 4.43. The fourth-order valence-corrected chi connectivity index (χ4v) is 2.37. The Morgan fingerprint density at radius 1 is 1.08 bits per heavy atom. The van der Waals surface area contributed by atoms with Crippen molar-refractivity contribution in [3.63, 3.8) is 0 Å². The number of hydrogen-bond donors (Lipinski definition) is 2. The number of methoxy groups -OCH3 is 1. The van der Waals surface area contributed by atoms with Crippen molar-refractivity contribution in [2.24, 2.45) is 0 Å². The van der Waals surface area contributed by atoms with Crippen LogP contribution >= 0.6 is 0 Å². The van der Waals surface area contributed by atoms with Crippen LogP contribution in [0.25, 0.3) is 0 Å². The van der Waals surface area contributed by atoms with E-state index in [2.05, 4.69) is 38.8 Å². The van der Waals surface area contributed by atoms with Crippen LogP contribution < -0.4 is 15.4 Å². The van der Waals surface area contributed by atoms with Gasteiger partial charge in [0.2, 0.25) is 5.95 Å². The van der Waals surface area contributed by atoms with E-state index in [9.17, 15) is 0 Å². The first-order valence-electron chi connectivity index (χ1n) is 8.13. The van der Waals surface area contributed by atoms with Gasteiger partial charge in [-0.2, -0.15) is 10.1 Å². The third-order valence-electron chi connectivity index (χ3n) is 3.72. The molecule has 0 aliphatic heterocycles. The Balaban J connectivity index is 1.57. The summed E-state index contributed by atoms with van der Waals surface area (Å²) in [7, 11) is 1.67. The van der Waals surface area contributed by atoms with Crippen LogP contribution in [-0.4, -0.2) is 28.8 Å². The molecule has 1 heterocycles. The third-order valence-corrected chi connectivity index (χ3v) is 3.72. The largest absolute Gasteiger partial charge is 0.497 e. The summed E-state index contributed by atoms with van der Waals surface area (Å²) >= 11 is 0. The number of aromatic nitrogens is 3. The molecule has 0 radical (unpaired) electrons. The second kappa shape index (κ2) is 8.10. The quantitative estimate of drug-likeness (QED) is 0.687. The minimum atomic E-state index is 0.468. The van der Waals surface area contributed by atoms with Crippen LogP contribution in [0, 0.1) is 6.92 Å². The Kier molecular flexibility index (Phi) is 5.41. The molecule has 2 aromatic carbocycles. The van der Waals surface area contributed by atoms with Gasteiger partial charge in [-0.3, -0.25) is 0 Å². The van der Waals surface area contributed by atoms with Crippen molar-refractivity contribution >= 4 is 17.5 Å². The molecule has 128 valence electrons. The highest BCUT2D eigenvalue weighted by Crippen LogP contribution is 2.15. The molecular formula is C19H21N5O. The number of nitrogens with zero attached hydrogens (tertiary/aromatic N) is 3. The maximum Gasteiger partial charge on any atom is 0.249 e. The van der Waals surface area contributed by atoms with Crippen molar-refractivity contribution in [2.75, 3.05) is 24.3 Å². The monoisotopic (exact) mass is 335 g/mol. The second-order valence-corrected chi connectivity index (χ2v) is 5.68. The standard InChI is InChI=1S/C19H21N5O/c1-14-6-8-16(9-7-14)22-19-23-18(13-21-24-19)20-11-10-15-4-3-5-17(12-15)25-2/h3-9,12-13H,10-11H2,1-2H3,(H2,20,22,23,24). The van der Waals surface area contributed by atoms with E-state index in [0.717, 1.165) is 24.4 Å². The first-order valence-corrected chi connectivity index (χ1v) is 8.13. The fourth-order valence-electron chi connectivity index (χ4n) is 2.37. The zero-order valence-electron chi connectivity index (χ0n) is 14.4. The number of nitrogens with one attached hydrogen (secondary N) is 2. The minimum Gasteiger partial charge on any atom is -0.497 e. The fraction of sp³-hybridized carbons (Fsp3) is 0.211. The van der Waals surface area contributed by atoms with Crippen molar-refractivity contribution in [3.8, 4) is 5.75 Å². The summed E-state index contributed by atoms with van der Waals surface area (Å²) in [5.74, 6) is 2.02. The molecule has 0 bridgehead atoms.